The Morgan fingerprint density at radius 2 is 0.878 bits per heavy atom. The molecule has 18 heteroatoms. The molecule has 2 unspecified atom stereocenters. The highest BCUT2D eigenvalue weighted by atomic mass is 33.7. The summed E-state index contributed by atoms with van der Waals surface area (Å²) < 4.78 is 19.1. The third kappa shape index (κ3) is 17.7. The topological polar surface area (TPSA) is 73.4 Å². The minimum atomic E-state index is -1.66. The van der Waals surface area contributed by atoms with E-state index >= 15 is 0 Å². The smallest absolute Gasteiger partial charge is 0.227 e. The minimum Gasteiger partial charge on any atom is -0.497 e. The predicted octanol–water partition coefficient (Wildman–Crippen LogP) is 14.2. The molecule has 4 aromatic rings. The van der Waals surface area contributed by atoms with Gasteiger partial charge in [0.2, 0.25) is 5.91 Å². The molecule has 0 bridgehead atoms. The fourth-order valence-corrected chi connectivity index (χ4v) is 55.4. The van der Waals surface area contributed by atoms with Crippen molar-refractivity contribution in [3.05, 3.63) is 97.1 Å². The molecule has 7 heterocycles. The zero-order chi connectivity index (χ0) is 57.3. The largest absolute Gasteiger partial charge is 0.497 e. The van der Waals surface area contributed by atoms with Crippen LogP contribution in [0.5, 0.6) is 23.0 Å². The summed E-state index contributed by atoms with van der Waals surface area (Å²) in [7, 11) is 3.34. The standard InChI is InChI=1S/C25H39N3O2.C25H39N3OS.C14H14O2P2S4/c1-21-8-6-17-27(21)18-7-19-30-24-12-9-22(10-13-24)28-23(11-14-25(28)29)20-26-15-4-2-3-5-16-26;1-21-8-6-17-27(21)18-7-19-29-24-12-9-22(10-13-24)28-23(11-14-25(28)30)20-26-15-4-2-3-5-16-26;1-15-11-3-7-13(8-4-11)17(19)21-18(20,22-17)14-9-5-12(16-2)6-10-14/h2*9-10,12-13,21,23H,2-8,11,14-20H2,1H3;3-10H,1-2H3/t2*21?,23-;/m00./s1. The summed E-state index contributed by atoms with van der Waals surface area (Å²) in [5, 5.41) is 2.43. The van der Waals surface area contributed by atoms with Crippen molar-refractivity contribution in [2.24, 2.45) is 0 Å². The van der Waals surface area contributed by atoms with E-state index in [1.54, 1.807) is 14.2 Å². The Hall–Kier alpha value is -2.72. The Morgan fingerprint density at radius 3 is 1.28 bits per heavy atom. The lowest BCUT2D eigenvalue weighted by Crippen LogP contribution is -2.42. The zero-order valence-electron chi connectivity index (χ0n) is 49.4. The summed E-state index contributed by atoms with van der Waals surface area (Å²) in [5.74, 6) is 3.86. The van der Waals surface area contributed by atoms with Gasteiger partial charge in [0, 0.05) is 79.1 Å². The number of carbonyl (C=O) groups is 1. The lowest BCUT2D eigenvalue weighted by molar-refractivity contribution is -0.117. The fourth-order valence-electron chi connectivity index (χ4n) is 12.8. The molecule has 0 saturated carbocycles. The van der Waals surface area contributed by atoms with E-state index in [0.29, 0.717) is 18.5 Å². The highest BCUT2D eigenvalue weighted by Crippen LogP contribution is 3.04. The molecule has 0 aliphatic carbocycles. The lowest BCUT2D eigenvalue weighted by atomic mass is 10.2. The molecule has 82 heavy (non-hydrogen) atoms. The number of rotatable bonds is 20. The molecule has 11 nitrogen and oxygen atoms in total. The second-order valence-corrected chi connectivity index (χ2v) is 45.1. The van der Waals surface area contributed by atoms with Crippen LogP contribution in [-0.4, -0.2) is 148 Å². The number of hydrogen-bond acceptors (Lipinski definition) is 14. The van der Waals surface area contributed by atoms with Gasteiger partial charge in [0.1, 0.15) is 23.0 Å². The first-order valence-corrected chi connectivity index (χ1v) is 40.9. The Morgan fingerprint density at radius 1 is 0.488 bits per heavy atom. The fraction of sp³-hybridized carbons (Fsp3) is 0.594. The first kappa shape index (κ1) is 63.8. The molecule has 7 aliphatic heterocycles. The van der Waals surface area contributed by atoms with Crippen LogP contribution in [0.15, 0.2) is 97.1 Å². The summed E-state index contributed by atoms with van der Waals surface area (Å²) in [6, 6.07) is 35.3. The summed E-state index contributed by atoms with van der Waals surface area (Å²) in [5.41, 5.74) is 2.26. The van der Waals surface area contributed by atoms with Crippen LogP contribution in [0.1, 0.15) is 129 Å². The molecular formula is C64H92N6O5P2S5. The van der Waals surface area contributed by atoms with Crippen LogP contribution < -0.4 is 39.4 Å². The van der Waals surface area contributed by atoms with E-state index in [1.807, 2.05) is 63.3 Å². The minimum absolute atomic E-state index is 0.267. The molecule has 4 atom stereocenters. The average Bonchev–Trinajstić information content (AvgIpc) is 4.32. The molecule has 7 fully saturated rings. The summed E-state index contributed by atoms with van der Waals surface area (Å²) in [4.78, 5) is 28.6. The van der Waals surface area contributed by atoms with Gasteiger partial charge in [-0.1, -0.05) is 83.5 Å². The van der Waals surface area contributed by atoms with Gasteiger partial charge in [0.15, 0.2) is 0 Å². The number of likely N-dealkylation sites (tertiary alicyclic amines) is 4. The number of benzene rings is 4. The zero-order valence-corrected chi connectivity index (χ0v) is 55.3. The van der Waals surface area contributed by atoms with E-state index in [4.69, 9.17) is 54.8 Å². The van der Waals surface area contributed by atoms with E-state index < -0.39 is 8.88 Å². The van der Waals surface area contributed by atoms with Crippen molar-refractivity contribution in [1.29, 1.82) is 0 Å². The van der Waals surface area contributed by atoms with Gasteiger partial charge >= 0.3 is 0 Å². The van der Waals surface area contributed by atoms with Crippen molar-refractivity contribution < 1.29 is 23.7 Å². The van der Waals surface area contributed by atoms with Crippen molar-refractivity contribution in [3.8, 4) is 23.0 Å². The number of thiocarbonyl (C=S) groups is 1. The summed E-state index contributed by atoms with van der Waals surface area (Å²) in [6.45, 7) is 18.0. The summed E-state index contributed by atoms with van der Waals surface area (Å²) in [6.07, 6.45) is 22.2. The SMILES string of the molecule is CC1CCCN1CCCOc1ccc(N2C(=O)CC[C@H]2CN2CCCCCC2)cc1.CC1CCCN1CCCOc1ccc(N2C(=S)CC[C@H]2CN2CCCCCC2)cc1.COc1ccc(P2(=S)SP(=S)(c3ccc(OC)cc3)S2)cc1. The monoisotopic (exact) mass is 1250 g/mol. The maximum atomic E-state index is 12.6. The second kappa shape index (κ2) is 31.8. The second-order valence-electron chi connectivity index (χ2n) is 23.3. The van der Waals surface area contributed by atoms with E-state index in [9.17, 15) is 4.79 Å². The molecule has 0 radical (unpaired) electrons. The maximum absolute atomic E-state index is 12.6. The van der Waals surface area contributed by atoms with E-state index in [-0.39, 0.29) is 5.91 Å². The van der Waals surface area contributed by atoms with E-state index in [0.717, 1.165) is 111 Å². The van der Waals surface area contributed by atoms with Gasteiger partial charge < -0.3 is 48.3 Å². The Bertz CT molecular complexity index is 2520. The first-order valence-electron chi connectivity index (χ1n) is 30.8. The van der Waals surface area contributed by atoms with E-state index in [2.05, 4.69) is 99.0 Å². The molecule has 0 N–H and O–H groups in total. The molecule has 7 saturated heterocycles. The quantitative estimate of drug-likeness (QED) is 0.0479. The van der Waals surface area contributed by atoms with Gasteiger partial charge in [-0.05, 0) is 227 Å². The van der Waals surface area contributed by atoms with Crippen molar-refractivity contribution in [1.82, 2.24) is 19.6 Å². The van der Waals surface area contributed by atoms with Crippen LogP contribution in [0.2, 0.25) is 0 Å². The lowest BCUT2D eigenvalue weighted by Gasteiger charge is -2.40. The van der Waals surface area contributed by atoms with Crippen LogP contribution in [0.3, 0.4) is 0 Å². The number of carbonyl (C=O) groups excluding carboxylic acids is 1. The van der Waals surface area contributed by atoms with Gasteiger partial charge in [-0.3, -0.25) is 4.79 Å². The van der Waals surface area contributed by atoms with Crippen LogP contribution >= 0.6 is 43.1 Å². The van der Waals surface area contributed by atoms with Gasteiger partial charge in [0.05, 0.1) is 47.3 Å². The van der Waals surface area contributed by atoms with Crippen molar-refractivity contribution >= 4 is 99.6 Å². The molecule has 448 valence electrons. The number of methoxy groups -OCH3 is 2. The van der Waals surface area contributed by atoms with Gasteiger partial charge in [-0.2, -0.15) is 0 Å². The van der Waals surface area contributed by atoms with Crippen molar-refractivity contribution in [2.45, 2.75) is 154 Å². The van der Waals surface area contributed by atoms with Crippen LogP contribution in [-0.2, 0) is 28.4 Å². The Labute approximate surface area is 515 Å². The van der Waals surface area contributed by atoms with Crippen molar-refractivity contribution in [2.75, 3.05) is 103 Å². The average molecular weight is 1250 g/mol. The Kier molecular flexibility index (Phi) is 24.7. The van der Waals surface area contributed by atoms with Gasteiger partial charge in [-0.15, -0.1) is 0 Å². The first-order chi connectivity index (χ1) is 39.9. The molecule has 11 rings (SSSR count). The van der Waals surface area contributed by atoms with E-state index in [1.165, 1.54) is 139 Å². The molecular weight excluding hydrogens is 1160 g/mol. The predicted molar refractivity (Wildman–Crippen MR) is 361 cm³/mol. The number of amides is 1. The number of anilines is 2. The van der Waals surface area contributed by atoms with Gasteiger partial charge in [0.25, 0.3) is 0 Å². The van der Waals surface area contributed by atoms with Crippen molar-refractivity contribution in [3.63, 3.8) is 0 Å². The molecule has 0 spiro atoms. The Balaban J connectivity index is 0.000000150. The molecule has 4 aromatic carbocycles. The molecule has 7 aliphatic rings. The number of hydrogen-bond donors (Lipinski definition) is 0. The third-order valence-electron chi connectivity index (χ3n) is 17.5. The highest BCUT2D eigenvalue weighted by molar-refractivity contribution is 9.48. The van der Waals surface area contributed by atoms with Crippen LogP contribution in [0, 0.1) is 0 Å². The molecule has 1 amide bonds. The third-order valence-corrected chi connectivity index (χ3v) is 49.2. The summed E-state index contributed by atoms with van der Waals surface area (Å²) >= 11 is 21.3. The molecule has 0 aromatic heterocycles. The van der Waals surface area contributed by atoms with Crippen LogP contribution in [0.25, 0.3) is 0 Å². The highest BCUT2D eigenvalue weighted by Gasteiger charge is 2.46. The van der Waals surface area contributed by atoms with Gasteiger partial charge in [-0.25, -0.2) is 0 Å². The maximum Gasteiger partial charge on any atom is 0.227 e. The number of ether oxygens (including phenoxy) is 4. The normalized spacial score (nSPS) is 26.5. The van der Waals surface area contributed by atoms with Crippen LogP contribution in [0.4, 0.5) is 11.4 Å². The number of nitrogens with zero attached hydrogens (tertiary/aromatic N) is 6.